The van der Waals surface area contributed by atoms with Gasteiger partial charge in [-0.05, 0) is 43.9 Å². The second-order valence-electron chi connectivity index (χ2n) is 6.52. The fourth-order valence-electron chi connectivity index (χ4n) is 2.79. The lowest BCUT2D eigenvalue weighted by Crippen LogP contribution is -2.38. The molecule has 1 fully saturated rings. The monoisotopic (exact) mass is 227 g/mol. The number of aliphatic hydroxyl groups excluding tert-OH is 1. The van der Waals surface area contributed by atoms with Gasteiger partial charge in [-0.1, -0.05) is 27.2 Å². The van der Waals surface area contributed by atoms with Gasteiger partial charge >= 0.3 is 0 Å². The molecule has 1 rings (SSSR count). The molecule has 0 amide bonds. The normalized spacial score (nSPS) is 29.8. The first kappa shape index (κ1) is 14.0. The van der Waals surface area contributed by atoms with Crippen molar-refractivity contribution in [3.05, 3.63) is 0 Å². The van der Waals surface area contributed by atoms with E-state index in [1.165, 1.54) is 32.1 Å². The van der Waals surface area contributed by atoms with Gasteiger partial charge in [0.1, 0.15) is 0 Å². The van der Waals surface area contributed by atoms with Gasteiger partial charge < -0.3 is 10.4 Å². The first-order chi connectivity index (χ1) is 7.43. The third kappa shape index (κ3) is 4.42. The summed E-state index contributed by atoms with van der Waals surface area (Å²) in [7, 11) is 0. The summed E-state index contributed by atoms with van der Waals surface area (Å²) in [6.07, 6.45) is 6.58. The predicted octanol–water partition coefficient (Wildman–Crippen LogP) is 2.95. The molecule has 0 bridgehead atoms. The Morgan fingerprint density at radius 2 is 1.88 bits per heavy atom. The standard InChI is InChI=1S/C14H29NO/c1-11(10-16)15-13-7-5-6-12(8-9-13)14(2,3)4/h11-13,15-16H,5-10H2,1-4H3. The van der Waals surface area contributed by atoms with Gasteiger partial charge in [0.15, 0.2) is 0 Å². The summed E-state index contributed by atoms with van der Waals surface area (Å²) in [6.45, 7) is 9.40. The Bertz CT molecular complexity index is 197. The zero-order chi connectivity index (χ0) is 12.2. The Morgan fingerprint density at radius 3 is 2.44 bits per heavy atom. The molecule has 0 saturated heterocycles. The Kier molecular flexibility index (Phi) is 5.26. The summed E-state index contributed by atoms with van der Waals surface area (Å²) in [5.41, 5.74) is 0.456. The van der Waals surface area contributed by atoms with Gasteiger partial charge in [-0.15, -0.1) is 0 Å². The summed E-state index contributed by atoms with van der Waals surface area (Å²) in [6, 6.07) is 0.866. The van der Waals surface area contributed by atoms with E-state index in [9.17, 15) is 0 Å². The minimum absolute atomic E-state index is 0.246. The smallest absolute Gasteiger partial charge is 0.0582 e. The molecule has 0 radical (unpaired) electrons. The second kappa shape index (κ2) is 6.02. The highest BCUT2D eigenvalue weighted by molar-refractivity contribution is 4.82. The van der Waals surface area contributed by atoms with Crippen LogP contribution >= 0.6 is 0 Å². The van der Waals surface area contributed by atoms with Crippen molar-refractivity contribution in [2.24, 2.45) is 11.3 Å². The number of hydrogen-bond donors (Lipinski definition) is 2. The van der Waals surface area contributed by atoms with E-state index in [0.717, 1.165) is 5.92 Å². The highest BCUT2D eigenvalue weighted by Gasteiger charge is 2.27. The molecule has 96 valence electrons. The molecule has 0 aromatic rings. The van der Waals surface area contributed by atoms with Gasteiger partial charge in [0.25, 0.3) is 0 Å². The van der Waals surface area contributed by atoms with Crippen molar-refractivity contribution >= 4 is 0 Å². The maximum atomic E-state index is 9.05. The molecule has 2 heteroatoms. The van der Waals surface area contributed by atoms with Crippen LogP contribution in [0.5, 0.6) is 0 Å². The van der Waals surface area contributed by atoms with Gasteiger partial charge in [0.2, 0.25) is 0 Å². The Balaban J connectivity index is 2.40. The highest BCUT2D eigenvalue weighted by atomic mass is 16.3. The van der Waals surface area contributed by atoms with E-state index >= 15 is 0 Å². The van der Waals surface area contributed by atoms with Crippen LogP contribution < -0.4 is 5.32 Å². The summed E-state index contributed by atoms with van der Waals surface area (Å²) in [5.74, 6) is 0.865. The molecule has 3 atom stereocenters. The lowest BCUT2D eigenvalue weighted by Gasteiger charge is -2.30. The van der Waals surface area contributed by atoms with Crippen molar-refractivity contribution in [1.82, 2.24) is 5.32 Å². The zero-order valence-corrected chi connectivity index (χ0v) is 11.4. The first-order valence-corrected chi connectivity index (χ1v) is 6.80. The third-order valence-corrected chi connectivity index (χ3v) is 3.99. The maximum Gasteiger partial charge on any atom is 0.0582 e. The molecule has 2 nitrogen and oxygen atoms in total. The fraction of sp³-hybridized carbons (Fsp3) is 1.00. The highest BCUT2D eigenvalue weighted by Crippen LogP contribution is 2.36. The topological polar surface area (TPSA) is 32.3 Å². The Hall–Kier alpha value is -0.0800. The molecule has 2 N–H and O–H groups in total. The van der Waals surface area contributed by atoms with Gasteiger partial charge in [-0.2, -0.15) is 0 Å². The van der Waals surface area contributed by atoms with E-state index in [4.69, 9.17) is 5.11 Å². The minimum Gasteiger partial charge on any atom is -0.395 e. The van der Waals surface area contributed by atoms with Crippen molar-refractivity contribution in [2.45, 2.75) is 71.9 Å². The number of aliphatic hydroxyl groups is 1. The quantitative estimate of drug-likeness (QED) is 0.727. The lowest BCUT2D eigenvalue weighted by atomic mass is 9.76. The van der Waals surface area contributed by atoms with E-state index in [1.54, 1.807) is 0 Å². The van der Waals surface area contributed by atoms with Crippen LogP contribution in [0.25, 0.3) is 0 Å². The molecule has 0 spiro atoms. The van der Waals surface area contributed by atoms with Gasteiger partial charge in [0, 0.05) is 12.1 Å². The fourth-order valence-corrected chi connectivity index (χ4v) is 2.79. The second-order valence-corrected chi connectivity index (χ2v) is 6.52. The molecule has 1 aliphatic carbocycles. The molecular weight excluding hydrogens is 198 g/mol. The minimum atomic E-state index is 0.246. The SMILES string of the molecule is CC(CO)NC1CCCC(C(C)(C)C)CC1. The molecule has 16 heavy (non-hydrogen) atoms. The van der Waals surface area contributed by atoms with E-state index in [2.05, 4.69) is 33.0 Å². The van der Waals surface area contributed by atoms with Crippen molar-refractivity contribution in [3.8, 4) is 0 Å². The third-order valence-electron chi connectivity index (χ3n) is 3.99. The van der Waals surface area contributed by atoms with Gasteiger partial charge in [0.05, 0.1) is 6.61 Å². The van der Waals surface area contributed by atoms with Crippen molar-refractivity contribution in [3.63, 3.8) is 0 Å². The first-order valence-electron chi connectivity index (χ1n) is 6.80. The van der Waals surface area contributed by atoms with Crippen LogP contribution in [0.15, 0.2) is 0 Å². The van der Waals surface area contributed by atoms with Crippen molar-refractivity contribution in [1.29, 1.82) is 0 Å². The van der Waals surface area contributed by atoms with Crippen LogP contribution in [0.1, 0.15) is 59.8 Å². The molecule has 1 saturated carbocycles. The van der Waals surface area contributed by atoms with E-state index in [1.807, 2.05) is 0 Å². The van der Waals surface area contributed by atoms with Crippen LogP contribution in [0.4, 0.5) is 0 Å². The van der Waals surface area contributed by atoms with Crippen LogP contribution in [-0.4, -0.2) is 23.8 Å². The summed E-state index contributed by atoms with van der Waals surface area (Å²) >= 11 is 0. The Labute approximate surface area is 101 Å². The molecule has 3 unspecified atom stereocenters. The molecule has 0 heterocycles. The average molecular weight is 227 g/mol. The average Bonchev–Trinajstić information content (AvgIpc) is 2.42. The van der Waals surface area contributed by atoms with E-state index in [-0.39, 0.29) is 12.6 Å². The van der Waals surface area contributed by atoms with E-state index < -0.39 is 0 Å². The molecule has 0 aliphatic heterocycles. The largest absolute Gasteiger partial charge is 0.395 e. The Morgan fingerprint density at radius 1 is 1.19 bits per heavy atom. The van der Waals surface area contributed by atoms with Crippen molar-refractivity contribution in [2.75, 3.05) is 6.61 Å². The zero-order valence-electron chi connectivity index (χ0n) is 11.4. The van der Waals surface area contributed by atoms with Crippen LogP contribution in [-0.2, 0) is 0 Å². The molecule has 1 aliphatic rings. The summed E-state index contributed by atoms with van der Waals surface area (Å²) < 4.78 is 0. The lowest BCUT2D eigenvalue weighted by molar-refractivity contribution is 0.210. The van der Waals surface area contributed by atoms with Crippen molar-refractivity contribution < 1.29 is 5.11 Å². The molecule has 0 aromatic carbocycles. The number of rotatable bonds is 3. The van der Waals surface area contributed by atoms with Gasteiger partial charge in [-0.3, -0.25) is 0 Å². The van der Waals surface area contributed by atoms with Crippen LogP contribution in [0, 0.1) is 11.3 Å². The summed E-state index contributed by atoms with van der Waals surface area (Å²) in [5, 5.41) is 12.6. The molecular formula is C14H29NO. The maximum absolute atomic E-state index is 9.05. The number of nitrogens with one attached hydrogen (secondary N) is 1. The number of hydrogen-bond acceptors (Lipinski definition) is 2. The van der Waals surface area contributed by atoms with Crippen LogP contribution in [0.3, 0.4) is 0 Å². The van der Waals surface area contributed by atoms with Crippen LogP contribution in [0.2, 0.25) is 0 Å². The van der Waals surface area contributed by atoms with E-state index in [0.29, 0.717) is 11.5 Å². The predicted molar refractivity (Wildman–Crippen MR) is 69.5 cm³/mol. The van der Waals surface area contributed by atoms with Gasteiger partial charge in [-0.25, -0.2) is 0 Å². The summed E-state index contributed by atoms with van der Waals surface area (Å²) in [4.78, 5) is 0. The molecule has 0 aromatic heterocycles.